The maximum absolute atomic E-state index is 9.11. The number of fused-ring (bicyclic) bond motifs is 1. The predicted octanol–water partition coefficient (Wildman–Crippen LogP) is 0.805. The molecule has 0 saturated heterocycles. The van der Waals surface area contributed by atoms with E-state index in [1.54, 1.807) is 6.92 Å². The molecule has 0 fully saturated rings. The highest BCUT2D eigenvalue weighted by molar-refractivity contribution is 5.53. The van der Waals surface area contributed by atoms with Crippen LogP contribution in [-0.2, 0) is 6.54 Å². The van der Waals surface area contributed by atoms with Crippen LogP contribution in [0.2, 0.25) is 0 Å². The van der Waals surface area contributed by atoms with Crippen molar-refractivity contribution in [2.45, 2.75) is 19.6 Å². The highest BCUT2D eigenvalue weighted by Crippen LogP contribution is 2.08. The standard InChI is InChI=1S/C11H15N3O/c1-9(15)6-12-7-10-8-13-14-5-3-2-4-11(10)14/h2-5,8-9,12,15H,6-7H2,1H3. The molecule has 80 valence electrons. The first-order valence-corrected chi connectivity index (χ1v) is 5.07. The zero-order valence-electron chi connectivity index (χ0n) is 8.72. The molecule has 2 aromatic heterocycles. The van der Waals surface area contributed by atoms with Crippen LogP contribution in [0.5, 0.6) is 0 Å². The van der Waals surface area contributed by atoms with E-state index in [-0.39, 0.29) is 6.10 Å². The van der Waals surface area contributed by atoms with Gasteiger partial charge < -0.3 is 10.4 Å². The minimum Gasteiger partial charge on any atom is -0.392 e. The average molecular weight is 205 g/mol. The highest BCUT2D eigenvalue weighted by Gasteiger charge is 2.02. The maximum atomic E-state index is 9.11. The van der Waals surface area contributed by atoms with E-state index in [4.69, 9.17) is 5.11 Å². The van der Waals surface area contributed by atoms with E-state index in [1.807, 2.05) is 35.1 Å². The number of nitrogens with zero attached hydrogens (tertiary/aromatic N) is 2. The molecule has 2 N–H and O–H groups in total. The number of pyridine rings is 1. The fourth-order valence-electron chi connectivity index (χ4n) is 1.54. The lowest BCUT2D eigenvalue weighted by molar-refractivity contribution is 0.191. The Morgan fingerprint density at radius 1 is 1.53 bits per heavy atom. The van der Waals surface area contributed by atoms with Crippen LogP contribution in [0.25, 0.3) is 5.52 Å². The van der Waals surface area contributed by atoms with Crippen LogP contribution in [0.1, 0.15) is 12.5 Å². The van der Waals surface area contributed by atoms with E-state index in [1.165, 1.54) is 0 Å². The van der Waals surface area contributed by atoms with Crippen molar-refractivity contribution in [2.75, 3.05) is 6.54 Å². The summed E-state index contributed by atoms with van der Waals surface area (Å²) in [5, 5.41) is 16.5. The summed E-state index contributed by atoms with van der Waals surface area (Å²) in [5.74, 6) is 0. The van der Waals surface area contributed by atoms with Gasteiger partial charge in [0.1, 0.15) is 0 Å². The summed E-state index contributed by atoms with van der Waals surface area (Å²) in [4.78, 5) is 0. The number of aliphatic hydroxyl groups is 1. The average Bonchev–Trinajstić information content (AvgIpc) is 2.62. The zero-order chi connectivity index (χ0) is 10.7. The second-order valence-corrected chi connectivity index (χ2v) is 3.68. The maximum Gasteiger partial charge on any atom is 0.0706 e. The number of hydrogen-bond acceptors (Lipinski definition) is 3. The number of nitrogens with one attached hydrogen (secondary N) is 1. The summed E-state index contributed by atoms with van der Waals surface area (Å²) in [6.07, 6.45) is 3.46. The normalized spacial score (nSPS) is 13.2. The molecule has 1 unspecified atom stereocenters. The molecule has 0 aliphatic carbocycles. The van der Waals surface area contributed by atoms with E-state index in [9.17, 15) is 0 Å². The van der Waals surface area contributed by atoms with E-state index in [0.29, 0.717) is 6.54 Å². The molecule has 0 amide bonds. The zero-order valence-corrected chi connectivity index (χ0v) is 8.72. The van der Waals surface area contributed by atoms with Crippen molar-refractivity contribution < 1.29 is 5.11 Å². The molecule has 0 aliphatic rings. The van der Waals surface area contributed by atoms with Gasteiger partial charge >= 0.3 is 0 Å². The van der Waals surface area contributed by atoms with Gasteiger partial charge in [0.25, 0.3) is 0 Å². The van der Waals surface area contributed by atoms with Gasteiger partial charge in [-0.05, 0) is 19.1 Å². The fraction of sp³-hybridized carbons (Fsp3) is 0.364. The molecular weight excluding hydrogens is 190 g/mol. The summed E-state index contributed by atoms with van der Waals surface area (Å²) in [6, 6.07) is 5.98. The van der Waals surface area contributed by atoms with E-state index in [2.05, 4.69) is 10.4 Å². The first-order chi connectivity index (χ1) is 7.27. The van der Waals surface area contributed by atoms with Crippen molar-refractivity contribution in [3.8, 4) is 0 Å². The van der Waals surface area contributed by atoms with Crippen LogP contribution in [-0.4, -0.2) is 27.4 Å². The Morgan fingerprint density at radius 3 is 3.20 bits per heavy atom. The van der Waals surface area contributed by atoms with Crippen LogP contribution in [0, 0.1) is 0 Å². The lowest BCUT2D eigenvalue weighted by Crippen LogP contribution is -2.23. The molecule has 0 saturated carbocycles. The Morgan fingerprint density at radius 2 is 2.40 bits per heavy atom. The van der Waals surface area contributed by atoms with Crippen LogP contribution in [0.15, 0.2) is 30.6 Å². The second kappa shape index (κ2) is 4.42. The van der Waals surface area contributed by atoms with Gasteiger partial charge in [-0.3, -0.25) is 0 Å². The van der Waals surface area contributed by atoms with Crippen molar-refractivity contribution in [3.63, 3.8) is 0 Å². The van der Waals surface area contributed by atoms with Crippen LogP contribution in [0.4, 0.5) is 0 Å². The minimum atomic E-state index is -0.313. The molecular formula is C11H15N3O. The predicted molar refractivity (Wildman–Crippen MR) is 58.6 cm³/mol. The lowest BCUT2D eigenvalue weighted by atomic mass is 10.2. The van der Waals surface area contributed by atoms with Gasteiger partial charge in [-0.25, -0.2) is 4.52 Å². The smallest absolute Gasteiger partial charge is 0.0706 e. The molecule has 2 heterocycles. The van der Waals surface area contributed by atoms with Gasteiger partial charge in [0.15, 0.2) is 0 Å². The van der Waals surface area contributed by atoms with Crippen molar-refractivity contribution in [2.24, 2.45) is 0 Å². The molecule has 0 radical (unpaired) electrons. The molecule has 0 spiro atoms. The fourth-order valence-corrected chi connectivity index (χ4v) is 1.54. The van der Waals surface area contributed by atoms with Crippen molar-refractivity contribution >= 4 is 5.52 Å². The van der Waals surface area contributed by atoms with Gasteiger partial charge in [0, 0.05) is 24.8 Å². The van der Waals surface area contributed by atoms with Gasteiger partial charge in [-0.15, -0.1) is 0 Å². The van der Waals surface area contributed by atoms with Gasteiger partial charge in [0.05, 0.1) is 17.8 Å². The third-order valence-corrected chi connectivity index (χ3v) is 2.26. The lowest BCUT2D eigenvalue weighted by Gasteiger charge is -2.05. The first kappa shape index (κ1) is 10.1. The Balaban J connectivity index is 2.08. The molecule has 1 atom stereocenters. The monoisotopic (exact) mass is 205 g/mol. The third-order valence-electron chi connectivity index (χ3n) is 2.26. The molecule has 0 aliphatic heterocycles. The van der Waals surface area contributed by atoms with E-state index >= 15 is 0 Å². The molecule has 2 aromatic rings. The van der Waals surface area contributed by atoms with Crippen molar-refractivity contribution in [1.82, 2.24) is 14.9 Å². The molecule has 15 heavy (non-hydrogen) atoms. The molecule has 0 aromatic carbocycles. The third kappa shape index (κ3) is 2.34. The first-order valence-electron chi connectivity index (χ1n) is 5.07. The largest absolute Gasteiger partial charge is 0.392 e. The molecule has 4 heteroatoms. The van der Waals surface area contributed by atoms with Crippen LogP contribution in [0.3, 0.4) is 0 Å². The highest BCUT2D eigenvalue weighted by atomic mass is 16.3. The Labute approximate surface area is 88.5 Å². The van der Waals surface area contributed by atoms with E-state index in [0.717, 1.165) is 17.6 Å². The molecule has 2 rings (SSSR count). The summed E-state index contributed by atoms with van der Waals surface area (Å²) in [5.41, 5.74) is 2.26. The van der Waals surface area contributed by atoms with E-state index < -0.39 is 0 Å². The summed E-state index contributed by atoms with van der Waals surface area (Å²) in [6.45, 7) is 3.10. The Hall–Kier alpha value is -1.39. The summed E-state index contributed by atoms with van der Waals surface area (Å²) in [7, 11) is 0. The van der Waals surface area contributed by atoms with Gasteiger partial charge in [-0.2, -0.15) is 5.10 Å². The quantitative estimate of drug-likeness (QED) is 0.776. The molecule has 0 bridgehead atoms. The Kier molecular flexibility index (Phi) is 2.99. The van der Waals surface area contributed by atoms with Gasteiger partial charge in [0.2, 0.25) is 0 Å². The van der Waals surface area contributed by atoms with Crippen molar-refractivity contribution in [1.29, 1.82) is 0 Å². The number of rotatable bonds is 4. The minimum absolute atomic E-state index is 0.313. The Bertz CT molecular complexity index is 436. The number of aromatic nitrogens is 2. The summed E-state index contributed by atoms with van der Waals surface area (Å²) >= 11 is 0. The van der Waals surface area contributed by atoms with Gasteiger partial charge in [-0.1, -0.05) is 6.07 Å². The SMILES string of the molecule is CC(O)CNCc1cnn2ccccc12. The summed E-state index contributed by atoms with van der Waals surface area (Å²) < 4.78 is 1.85. The number of hydrogen-bond donors (Lipinski definition) is 2. The van der Waals surface area contributed by atoms with Crippen molar-refractivity contribution in [3.05, 3.63) is 36.2 Å². The van der Waals surface area contributed by atoms with Crippen LogP contribution >= 0.6 is 0 Å². The second-order valence-electron chi connectivity index (χ2n) is 3.68. The molecule has 4 nitrogen and oxygen atoms in total. The van der Waals surface area contributed by atoms with Crippen LogP contribution < -0.4 is 5.32 Å². The topological polar surface area (TPSA) is 49.6 Å². The number of aliphatic hydroxyl groups excluding tert-OH is 1.